The van der Waals surface area contributed by atoms with Crippen molar-refractivity contribution in [3.8, 4) is 0 Å². The molecule has 2 heteroatoms. The molecule has 0 saturated carbocycles. The lowest BCUT2D eigenvalue weighted by molar-refractivity contribution is -0.151. The molecular formula is C12H20O2. The monoisotopic (exact) mass is 196 g/mol. The number of hydrogen-bond donors (Lipinski definition) is 0. The smallest absolute Gasteiger partial charge is 0.315 e. The summed E-state index contributed by atoms with van der Waals surface area (Å²) in [5, 5.41) is 0. The summed E-state index contributed by atoms with van der Waals surface area (Å²) in [5.41, 5.74) is 0.497. The zero-order valence-electron chi connectivity index (χ0n) is 9.43. The van der Waals surface area contributed by atoms with Gasteiger partial charge in [0.1, 0.15) is 0 Å². The van der Waals surface area contributed by atoms with Gasteiger partial charge in [-0.2, -0.15) is 0 Å². The molecule has 0 aromatic rings. The second-order valence-corrected chi connectivity index (χ2v) is 3.80. The maximum atomic E-state index is 11.6. The highest BCUT2D eigenvalue weighted by molar-refractivity contribution is 5.78. The van der Waals surface area contributed by atoms with Gasteiger partial charge < -0.3 is 4.74 Å². The van der Waals surface area contributed by atoms with Gasteiger partial charge in [0.05, 0.1) is 12.0 Å². The zero-order valence-corrected chi connectivity index (χ0v) is 9.43. The van der Waals surface area contributed by atoms with Crippen LogP contribution in [-0.2, 0) is 9.53 Å². The minimum Gasteiger partial charge on any atom is -0.465 e. The van der Waals surface area contributed by atoms with Crippen LogP contribution in [0.4, 0.5) is 0 Å². The highest BCUT2D eigenvalue weighted by Gasteiger charge is 2.30. The Bertz CT molecular complexity index is 230. The number of carbonyl (C=O) groups is 1. The van der Waals surface area contributed by atoms with Crippen molar-refractivity contribution in [1.82, 2.24) is 0 Å². The average molecular weight is 196 g/mol. The lowest BCUT2D eigenvalue weighted by Gasteiger charge is -2.23. The van der Waals surface area contributed by atoms with E-state index in [1.807, 2.05) is 13.8 Å². The molecular weight excluding hydrogens is 176 g/mol. The van der Waals surface area contributed by atoms with Gasteiger partial charge in [-0.15, -0.1) is 13.2 Å². The highest BCUT2D eigenvalue weighted by atomic mass is 16.5. The van der Waals surface area contributed by atoms with E-state index in [-0.39, 0.29) is 5.97 Å². The van der Waals surface area contributed by atoms with Crippen LogP contribution in [0.1, 0.15) is 33.6 Å². The predicted molar refractivity (Wildman–Crippen MR) is 59.0 cm³/mol. The SMILES string of the molecule is C=CC(C)(CCC(=C)C)C(=O)OCC. The van der Waals surface area contributed by atoms with Gasteiger partial charge in [0, 0.05) is 0 Å². The summed E-state index contributed by atoms with van der Waals surface area (Å²) in [5.74, 6) is -0.198. The van der Waals surface area contributed by atoms with Crippen LogP contribution in [0.15, 0.2) is 24.8 Å². The fourth-order valence-corrected chi connectivity index (χ4v) is 1.06. The lowest BCUT2D eigenvalue weighted by Crippen LogP contribution is -2.27. The predicted octanol–water partition coefficient (Wildman–Crippen LogP) is 3.10. The lowest BCUT2D eigenvalue weighted by atomic mass is 9.84. The van der Waals surface area contributed by atoms with E-state index < -0.39 is 5.41 Å². The summed E-state index contributed by atoms with van der Waals surface area (Å²) in [6.45, 7) is 13.5. The van der Waals surface area contributed by atoms with E-state index in [2.05, 4.69) is 13.2 Å². The van der Waals surface area contributed by atoms with Crippen molar-refractivity contribution in [3.63, 3.8) is 0 Å². The zero-order chi connectivity index (χ0) is 11.2. The van der Waals surface area contributed by atoms with Crippen molar-refractivity contribution in [2.24, 2.45) is 5.41 Å². The molecule has 14 heavy (non-hydrogen) atoms. The van der Waals surface area contributed by atoms with Gasteiger partial charge in [-0.3, -0.25) is 4.79 Å². The second kappa shape index (κ2) is 5.63. The van der Waals surface area contributed by atoms with Gasteiger partial charge in [-0.05, 0) is 33.6 Å². The number of ether oxygens (including phenoxy) is 1. The molecule has 0 aliphatic rings. The van der Waals surface area contributed by atoms with Gasteiger partial charge in [0.2, 0.25) is 0 Å². The van der Waals surface area contributed by atoms with Gasteiger partial charge in [0.25, 0.3) is 0 Å². The molecule has 0 heterocycles. The summed E-state index contributed by atoms with van der Waals surface area (Å²) in [7, 11) is 0. The Morgan fingerprint density at radius 1 is 1.57 bits per heavy atom. The molecule has 0 bridgehead atoms. The molecule has 2 nitrogen and oxygen atoms in total. The number of hydrogen-bond acceptors (Lipinski definition) is 2. The normalized spacial score (nSPS) is 14.2. The van der Waals surface area contributed by atoms with Crippen molar-refractivity contribution < 1.29 is 9.53 Å². The summed E-state index contributed by atoms with van der Waals surface area (Å²) >= 11 is 0. The fourth-order valence-electron chi connectivity index (χ4n) is 1.06. The van der Waals surface area contributed by atoms with E-state index in [1.165, 1.54) is 0 Å². The number of allylic oxidation sites excluding steroid dienone is 1. The standard InChI is InChI=1S/C12H20O2/c1-6-12(5,9-8-10(3)4)11(13)14-7-2/h6H,1,3,7-9H2,2,4-5H3. The third-order valence-corrected chi connectivity index (χ3v) is 2.26. The van der Waals surface area contributed by atoms with E-state index >= 15 is 0 Å². The third kappa shape index (κ3) is 3.77. The van der Waals surface area contributed by atoms with Crippen LogP contribution in [0.25, 0.3) is 0 Å². The molecule has 0 rings (SSSR count). The molecule has 0 spiro atoms. The van der Waals surface area contributed by atoms with E-state index in [0.29, 0.717) is 13.0 Å². The molecule has 0 amide bonds. The van der Waals surface area contributed by atoms with Crippen LogP contribution in [0.2, 0.25) is 0 Å². The molecule has 80 valence electrons. The molecule has 0 aromatic carbocycles. The maximum Gasteiger partial charge on any atom is 0.315 e. The van der Waals surface area contributed by atoms with Crippen LogP contribution in [0, 0.1) is 5.41 Å². The van der Waals surface area contributed by atoms with Crippen molar-refractivity contribution in [2.45, 2.75) is 33.6 Å². The van der Waals surface area contributed by atoms with Crippen LogP contribution >= 0.6 is 0 Å². The molecule has 0 aromatic heterocycles. The van der Waals surface area contributed by atoms with E-state index in [9.17, 15) is 4.79 Å². The van der Waals surface area contributed by atoms with Gasteiger partial charge in [-0.25, -0.2) is 0 Å². The summed E-state index contributed by atoms with van der Waals surface area (Å²) in [4.78, 5) is 11.6. The minimum absolute atomic E-state index is 0.198. The van der Waals surface area contributed by atoms with Crippen LogP contribution in [-0.4, -0.2) is 12.6 Å². The molecule has 1 unspecified atom stereocenters. The van der Waals surface area contributed by atoms with E-state index in [0.717, 1.165) is 12.0 Å². The summed E-state index contributed by atoms with van der Waals surface area (Å²) in [6.07, 6.45) is 3.19. The maximum absolute atomic E-state index is 11.6. The Hall–Kier alpha value is -1.05. The highest BCUT2D eigenvalue weighted by Crippen LogP contribution is 2.27. The first-order chi connectivity index (χ1) is 6.46. The number of esters is 1. The Morgan fingerprint density at radius 2 is 2.14 bits per heavy atom. The van der Waals surface area contributed by atoms with Gasteiger partial charge in [0.15, 0.2) is 0 Å². The fraction of sp³-hybridized carbons (Fsp3) is 0.583. The Kier molecular flexibility index (Phi) is 5.21. The van der Waals surface area contributed by atoms with Crippen LogP contribution < -0.4 is 0 Å². The van der Waals surface area contributed by atoms with Crippen molar-refractivity contribution in [2.75, 3.05) is 6.61 Å². The molecule has 1 atom stereocenters. The van der Waals surface area contributed by atoms with Crippen molar-refractivity contribution in [3.05, 3.63) is 24.8 Å². The average Bonchev–Trinajstić information content (AvgIpc) is 2.14. The number of carbonyl (C=O) groups excluding carboxylic acids is 1. The van der Waals surface area contributed by atoms with E-state index in [4.69, 9.17) is 4.74 Å². The Balaban J connectivity index is 4.38. The van der Waals surface area contributed by atoms with Crippen LogP contribution in [0.3, 0.4) is 0 Å². The second-order valence-electron chi connectivity index (χ2n) is 3.80. The molecule has 0 aliphatic carbocycles. The summed E-state index contributed by atoms with van der Waals surface area (Å²) < 4.78 is 4.99. The largest absolute Gasteiger partial charge is 0.465 e. The quantitative estimate of drug-likeness (QED) is 0.482. The summed E-state index contributed by atoms with van der Waals surface area (Å²) in [6, 6.07) is 0. The van der Waals surface area contributed by atoms with Gasteiger partial charge in [-0.1, -0.05) is 11.6 Å². The Labute approximate surface area is 86.6 Å². The molecule has 0 saturated heterocycles. The first-order valence-corrected chi connectivity index (χ1v) is 4.91. The number of rotatable bonds is 6. The van der Waals surface area contributed by atoms with Crippen molar-refractivity contribution in [1.29, 1.82) is 0 Å². The van der Waals surface area contributed by atoms with Gasteiger partial charge >= 0.3 is 5.97 Å². The minimum atomic E-state index is -0.574. The molecule has 0 N–H and O–H groups in total. The first-order valence-electron chi connectivity index (χ1n) is 4.91. The molecule has 0 aliphatic heterocycles. The first kappa shape index (κ1) is 12.9. The molecule has 0 radical (unpaired) electrons. The van der Waals surface area contributed by atoms with Crippen LogP contribution in [0.5, 0.6) is 0 Å². The molecule has 0 fully saturated rings. The van der Waals surface area contributed by atoms with E-state index in [1.54, 1.807) is 13.0 Å². The Morgan fingerprint density at radius 3 is 2.50 bits per heavy atom. The van der Waals surface area contributed by atoms with Crippen molar-refractivity contribution >= 4 is 5.97 Å². The third-order valence-electron chi connectivity index (χ3n) is 2.26. The topological polar surface area (TPSA) is 26.3 Å².